The second-order valence-corrected chi connectivity index (χ2v) is 7.70. The van der Waals surface area contributed by atoms with Gasteiger partial charge in [-0.25, -0.2) is 0 Å². The molecule has 1 amide bonds. The number of benzene rings is 2. The third-order valence-electron chi connectivity index (χ3n) is 4.95. The molecule has 8 heteroatoms. The molecule has 0 aromatic heterocycles. The molecule has 31 heavy (non-hydrogen) atoms. The number of amides is 1. The lowest BCUT2D eigenvalue weighted by Gasteiger charge is -2.24. The van der Waals surface area contributed by atoms with E-state index in [1.54, 1.807) is 25.1 Å². The molecule has 0 aliphatic rings. The van der Waals surface area contributed by atoms with Gasteiger partial charge in [0.25, 0.3) is 5.91 Å². The van der Waals surface area contributed by atoms with Crippen LogP contribution in [0.5, 0.6) is 0 Å². The third-order valence-corrected chi connectivity index (χ3v) is 4.95. The highest BCUT2D eigenvalue weighted by Gasteiger charge is 2.34. The van der Waals surface area contributed by atoms with E-state index in [-0.39, 0.29) is 17.7 Å². The number of anilines is 2. The van der Waals surface area contributed by atoms with E-state index in [1.165, 1.54) is 12.1 Å². The first-order chi connectivity index (χ1) is 14.5. The number of hydrogen-bond donors (Lipinski definition) is 3. The molecule has 0 aliphatic carbocycles. The maximum atomic E-state index is 13.8. The van der Waals surface area contributed by atoms with E-state index in [4.69, 9.17) is 11.1 Å². The van der Waals surface area contributed by atoms with Crippen LogP contribution in [0.1, 0.15) is 53.7 Å². The molecule has 0 heterocycles. The second-order valence-electron chi connectivity index (χ2n) is 7.70. The number of nitrogens with two attached hydrogens (primary N) is 1. The number of aryl methyl sites for hydroxylation is 1. The first kappa shape index (κ1) is 24.4. The van der Waals surface area contributed by atoms with Crippen molar-refractivity contribution in [3.63, 3.8) is 0 Å². The topological polar surface area (TPSA) is 82.2 Å². The van der Waals surface area contributed by atoms with Crippen molar-refractivity contribution in [1.82, 2.24) is 4.90 Å². The van der Waals surface area contributed by atoms with Gasteiger partial charge in [0.2, 0.25) is 0 Å². The Morgan fingerprint density at radius 1 is 1.16 bits per heavy atom. The first-order valence-electron chi connectivity index (χ1n) is 10.1. The summed E-state index contributed by atoms with van der Waals surface area (Å²) in [5.74, 6) is -0.634. The molecule has 0 fully saturated rings. The van der Waals surface area contributed by atoms with Crippen LogP contribution in [0.15, 0.2) is 36.4 Å². The predicted octanol–water partition coefficient (Wildman–Crippen LogP) is 5.49. The molecule has 0 saturated heterocycles. The fourth-order valence-corrected chi connectivity index (χ4v) is 3.19. The molecule has 0 radical (unpaired) electrons. The summed E-state index contributed by atoms with van der Waals surface area (Å²) in [4.78, 5) is 14.4. The lowest BCUT2D eigenvalue weighted by Crippen LogP contribution is -2.28. The molecule has 0 spiro atoms. The van der Waals surface area contributed by atoms with Crippen LogP contribution < -0.4 is 11.1 Å². The van der Waals surface area contributed by atoms with E-state index in [1.807, 2.05) is 18.7 Å². The van der Waals surface area contributed by atoms with E-state index in [2.05, 4.69) is 5.32 Å². The Labute approximate surface area is 180 Å². The minimum absolute atomic E-state index is 0.0763. The number of nitrogens with zero attached hydrogens (tertiary/aromatic N) is 1. The van der Waals surface area contributed by atoms with Crippen molar-refractivity contribution in [3.8, 4) is 0 Å². The summed E-state index contributed by atoms with van der Waals surface area (Å²) >= 11 is 0. The average molecular weight is 435 g/mol. The van der Waals surface area contributed by atoms with Crippen molar-refractivity contribution in [2.75, 3.05) is 24.1 Å². The zero-order chi connectivity index (χ0) is 23.2. The van der Waals surface area contributed by atoms with Gasteiger partial charge in [-0.1, -0.05) is 19.1 Å². The van der Waals surface area contributed by atoms with Crippen molar-refractivity contribution in [2.45, 2.75) is 46.3 Å². The lowest BCUT2D eigenvalue weighted by atomic mass is 10.0. The van der Waals surface area contributed by atoms with Crippen LogP contribution in [0, 0.1) is 12.3 Å². The predicted molar refractivity (Wildman–Crippen MR) is 119 cm³/mol. The quantitative estimate of drug-likeness (QED) is 0.361. The largest absolute Gasteiger partial charge is 0.416 e. The molecule has 4 N–H and O–H groups in total. The van der Waals surface area contributed by atoms with Gasteiger partial charge in [0.1, 0.15) is 0 Å². The molecular formula is C23H29F3N4O. The summed E-state index contributed by atoms with van der Waals surface area (Å²) < 4.78 is 41.3. The average Bonchev–Trinajstić information content (AvgIpc) is 2.68. The van der Waals surface area contributed by atoms with Gasteiger partial charge < -0.3 is 16.5 Å². The molecule has 168 valence electrons. The number of rotatable bonds is 9. The van der Waals surface area contributed by atoms with Gasteiger partial charge in [0.15, 0.2) is 0 Å². The maximum absolute atomic E-state index is 13.8. The Morgan fingerprint density at radius 3 is 2.45 bits per heavy atom. The number of hydrogen-bond acceptors (Lipinski definition) is 4. The van der Waals surface area contributed by atoms with Crippen molar-refractivity contribution in [1.29, 1.82) is 5.41 Å². The molecular weight excluding hydrogens is 405 g/mol. The summed E-state index contributed by atoms with van der Waals surface area (Å²) in [6, 6.07) is 8.61. The number of halogens is 3. The Kier molecular flexibility index (Phi) is 8.21. The smallest absolute Gasteiger partial charge is 0.398 e. The van der Waals surface area contributed by atoms with Crippen molar-refractivity contribution in [2.24, 2.45) is 0 Å². The normalized spacial score (nSPS) is 11.6. The molecule has 2 aromatic rings. The number of nitrogen functional groups attached to an aromatic ring is 1. The third kappa shape index (κ3) is 7.10. The van der Waals surface area contributed by atoms with E-state index >= 15 is 0 Å². The number of alkyl halides is 3. The van der Waals surface area contributed by atoms with Crippen LogP contribution in [0.3, 0.4) is 0 Å². The van der Waals surface area contributed by atoms with Crippen LogP contribution in [0.25, 0.3) is 0 Å². The second kappa shape index (κ2) is 10.4. The fourth-order valence-electron chi connectivity index (χ4n) is 3.19. The molecule has 0 atom stereocenters. The van der Waals surface area contributed by atoms with Gasteiger partial charge >= 0.3 is 6.18 Å². The Hall–Kier alpha value is -2.87. The minimum Gasteiger partial charge on any atom is -0.398 e. The van der Waals surface area contributed by atoms with Crippen LogP contribution in [-0.4, -0.2) is 29.6 Å². The Morgan fingerprint density at radius 2 is 1.87 bits per heavy atom. The van der Waals surface area contributed by atoms with Crippen molar-refractivity contribution in [3.05, 3.63) is 58.7 Å². The van der Waals surface area contributed by atoms with Gasteiger partial charge in [-0.2, -0.15) is 13.2 Å². The van der Waals surface area contributed by atoms with Crippen LogP contribution in [0.4, 0.5) is 24.5 Å². The number of carbonyl (C=O) groups excluding carboxylic acids is 1. The minimum atomic E-state index is -4.59. The molecule has 0 aliphatic heterocycles. The molecule has 0 bridgehead atoms. The van der Waals surface area contributed by atoms with E-state index in [0.717, 1.165) is 18.1 Å². The SMILES string of the molecule is CCCN(CCC(C)=N)Cc1ccc(C(=O)Nc2ccc(C)c(N)c2)cc1C(F)(F)F. The zero-order valence-corrected chi connectivity index (χ0v) is 18.1. The summed E-state index contributed by atoms with van der Waals surface area (Å²) in [5, 5.41) is 10.2. The first-order valence-corrected chi connectivity index (χ1v) is 10.1. The van der Waals surface area contributed by atoms with Gasteiger partial charge in [0, 0.05) is 35.7 Å². The van der Waals surface area contributed by atoms with Crippen LogP contribution in [-0.2, 0) is 12.7 Å². The van der Waals surface area contributed by atoms with Gasteiger partial charge in [0.05, 0.1) is 5.56 Å². The van der Waals surface area contributed by atoms with Gasteiger partial charge in [-0.15, -0.1) is 0 Å². The van der Waals surface area contributed by atoms with Crippen LogP contribution >= 0.6 is 0 Å². The van der Waals surface area contributed by atoms with E-state index in [9.17, 15) is 18.0 Å². The Balaban J connectivity index is 2.28. The summed E-state index contributed by atoms with van der Waals surface area (Å²) in [5.41, 5.74) is 7.28. The highest BCUT2D eigenvalue weighted by atomic mass is 19.4. The van der Waals surface area contributed by atoms with Crippen molar-refractivity contribution >= 4 is 23.0 Å². The fraction of sp³-hybridized carbons (Fsp3) is 0.391. The number of nitrogens with one attached hydrogen (secondary N) is 2. The standard InChI is InChI=1S/C23H29F3N4O/c1-4-10-30(11-9-16(3)27)14-18-7-6-17(12-20(18)23(24,25)26)22(31)29-19-8-5-15(2)21(28)13-19/h5-8,12-13,27H,4,9-11,14,28H2,1-3H3,(H,29,31). The zero-order valence-electron chi connectivity index (χ0n) is 18.1. The number of carbonyl (C=O) groups is 1. The van der Waals surface area contributed by atoms with Crippen molar-refractivity contribution < 1.29 is 18.0 Å². The molecule has 5 nitrogen and oxygen atoms in total. The van der Waals surface area contributed by atoms with E-state index in [0.29, 0.717) is 36.6 Å². The summed E-state index contributed by atoms with van der Waals surface area (Å²) in [7, 11) is 0. The summed E-state index contributed by atoms with van der Waals surface area (Å²) in [6.07, 6.45) is -3.30. The highest BCUT2D eigenvalue weighted by Crippen LogP contribution is 2.33. The maximum Gasteiger partial charge on any atom is 0.416 e. The molecule has 2 aromatic carbocycles. The van der Waals surface area contributed by atoms with E-state index < -0.39 is 17.6 Å². The highest BCUT2D eigenvalue weighted by molar-refractivity contribution is 6.04. The summed E-state index contributed by atoms with van der Waals surface area (Å²) in [6.45, 7) is 6.70. The van der Waals surface area contributed by atoms with Crippen LogP contribution in [0.2, 0.25) is 0 Å². The van der Waals surface area contributed by atoms with Gasteiger partial charge in [-0.05, 0) is 68.6 Å². The van der Waals surface area contributed by atoms with Gasteiger partial charge in [-0.3, -0.25) is 9.69 Å². The molecule has 2 rings (SSSR count). The molecule has 0 unspecified atom stereocenters. The monoisotopic (exact) mass is 434 g/mol. The lowest BCUT2D eigenvalue weighted by molar-refractivity contribution is -0.138. The Bertz CT molecular complexity index is 941. The molecule has 0 saturated carbocycles.